The first-order valence-corrected chi connectivity index (χ1v) is 8.98. The molecule has 0 aliphatic carbocycles. The summed E-state index contributed by atoms with van der Waals surface area (Å²) in [4.78, 5) is 12.2. The van der Waals surface area contributed by atoms with Crippen molar-refractivity contribution in [1.82, 2.24) is 20.4 Å². The van der Waals surface area contributed by atoms with Gasteiger partial charge in [0, 0.05) is 30.9 Å². The predicted molar refractivity (Wildman–Crippen MR) is 102 cm³/mol. The second-order valence-electron chi connectivity index (χ2n) is 7.21. The first-order valence-electron chi connectivity index (χ1n) is 8.98. The van der Waals surface area contributed by atoms with Gasteiger partial charge in [0.25, 0.3) is 5.91 Å². The van der Waals surface area contributed by atoms with E-state index in [1.807, 2.05) is 42.1 Å². The van der Waals surface area contributed by atoms with Crippen molar-refractivity contribution in [1.29, 1.82) is 0 Å². The fraction of sp³-hybridized carbons (Fsp3) is 0.500. The fourth-order valence-corrected chi connectivity index (χ4v) is 2.56. The Kier molecular flexibility index (Phi) is 6.76. The zero-order valence-corrected chi connectivity index (χ0v) is 15.9. The molecular formula is C20H30N4O. The number of amides is 1. The highest BCUT2D eigenvalue weighted by molar-refractivity contribution is 5.94. The van der Waals surface area contributed by atoms with Crippen molar-refractivity contribution in [3.63, 3.8) is 0 Å². The Morgan fingerprint density at radius 3 is 2.64 bits per heavy atom. The molecule has 2 rings (SSSR count). The van der Waals surface area contributed by atoms with Gasteiger partial charge in [-0.2, -0.15) is 5.10 Å². The van der Waals surface area contributed by atoms with Gasteiger partial charge >= 0.3 is 0 Å². The fourth-order valence-electron chi connectivity index (χ4n) is 2.56. The smallest absolute Gasteiger partial charge is 0.251 e. The van der Waals surface area contributed by atoms with E-state index in [9.17, 15) is 4.79 Å². The lowest BCUT2D eigenvalue weighted by molar-refractivity contribution is 0.0949. The lowest BCUT2D eigenvalue weighted by Crippen LogP contribution is -2.33. The molecule has 1 aromatic carbocycles. The minimum absolute atomic E-state index is 0.0102. The van der Waals surface area contributed by atoms with Crippen LogP contribution in [-0.4, -0.2) is 28.3 Å². The highest BCUT2D eigenvalue weighted by Gasteiger charge is 2.14. The van der Waals surface area contributed by atoms with Crippen LogP contribution in [0.3, 0.4) is 0 Å². The predicted octanol–water partition coefficient (Wildman–Crippen LogP) is 3.32. The molecule has 2 aromatic rings. The minimum atomic E-state index is -0.0102. The molecule has 0 saturated heterocycles. The number of nitrogens with zero attached hydrogens (tertiary/aromatic N) is 2. The molecule has 0 radical (unpaired) electrons. The van der Waals surface area contributed by atoms with E-state index in [-0.39, 0.29) is 18.0 Å². The number of hydrogen-bond acceptors (Lipinski definition) is 3. The Hall–Kier alpha value is -2.14. The van der Waals surface area contributed by atoms with Gasteiger partial charge in [-0.15, -0.1) is 0 Å². The Labute approximate surface area is 150 Å². The maximum absolute atomic E-state index is 12.2. The van der Waals surface area contributed by atoms with Crippen molar-refractivity contribution in [2.75, 3.05) is 6.54 Å². The zero-order valence-electron chi connectivity index (χ0n) is 15.9. The van der Waals surface area contributed by atoms with E-state index in [1.54, 1.807) is 0 Å². The number of aryl methyl sites for hydroxylation is 1. The van der Waals surface area contributed by atoms with Gasteiger partial charge < -0.3 is 10.6 Å². The SMILES string of the molecule is Cc1cnn([C@H](C)[C@H](C)NCc2cccc(C(=O)NCC(C)C)c2)c1. The number of carbonyl (C=O) groups is 1. The lowest BCUT2D eigenvalue weighted by Gasteiger charge is -2.22. The Balaban J connectivity index is 1.92. The summed E-state index contributed by atoms with van der Waals surface area (Å²) in [6, 6.07) is 8.31. The average Bonchev–Trinajstić information content (AvgIpc) is 3.03. The average molecular weight is 342 g/mol. The Morgan fingerprint density at radius 2 is 2.00 bits per heavy atom. The van der Waals surface area contributed by atoms with Crippen molar-refractivity contribution >= 4 is 5.91 Å². The molecule has 5 nitrogen and oxygen atoms in total. The van der Waals surface area contributed by atoms with Crippen LogP contribution in [0, 0.1) is 12.8 Å². The summed E-state index contributed by atoms with van der Waals surface area (Å²) in [6.07, 6.45) is 3.94. The first-order chi connectivity index (χ1) is 11.9. The number of benzene rings is 1. The highest BCUT2D eigenvalue weighted by Crippen LogP contribution is 2.12. The van der Waals surface area contributed by atoms with Crippen molar-refractivity contribution in [2.24, 2.45) is 5.92 Å². The normalized spacial score (nSPS) is 13.7. The molecule has 0 aliphatic heterocycles. The summed E-state index contributed by atoms with van der Waals surface area (Å²) in [5.74, 6) is 0.436. The van der Waals surface area contributed by atoms with Crippen LogP contribution in [0.15, 0.2) is 36.7 Å². The second kappa shape index (κ2) is 8.81. The van der Waals surface area contributed by atoms with Gasteiger partial charge in [0.15, 0.2) is 0 Å². The number of nitrogens with one attached hydrogen (secondary N) is 2. The van der Waals surface area contributed by atoms with Crippen LogP contribution >= 0.6 is 0 Å². The third kappa shape index (κ3) is 5.71. The maximum Gasteiger partial charge on any atom is 0.251 e. The largest absolute Gasteiger partial charge is 0.352 e. The molecule has 136 valence electrons. The van der Waals surface area contributed by atoms with E-state index in [2.05, 4.69) is 49.6 Å². The molecule has 0 saturated carbocycles. The third-order valence-electron chi connectivity index (χ3n) is 4.36. The van der Waals surface area contributed by atoms with Crippen molar-refractivity contribution in [3.8, 4) is 0 Å². The van der Waals surface area contributed by atoms with E-state index < -0.39 is 0 Å². The topological polar surface area (TPSA) is 59.0 Å². The molecule has 2 N–H and O–H groups in total. The molecule has 1 amide bonds. The van der Waals surface area contributed by atoms with Gasteiger partial charge in [0.05, 0.1) is 12.2 Å². The van der Waals surface area contributed by atoms with Crippen LogP contribution in [0.1, 0.15) is 55.2 Å². The number of hydrogen-bond donors (Lipinski definition) is 2. The van der Waals surface area contributed by atoms with E-state index in [0.717, 1.165) is 12.1 Å². The summed E-state index contributed by atoms with van der Waals surface area (Å²) in [5, 5.41) is 10.9. The third-order valence-corrected chi connectivity index (χ3v) is 4.36. The molecule has 1 aromatic heterocycles. The van der Waals surface area contributed by atoms with Gasteiger partial charge in [-0.1, -0.05) is 26.0 Å². The summed E-state index contributed by atoms with van der Waals surface area (Å²) < 4.78 is 1.99. The summed E-state index contributed by atoms with van der Waals surface area (Å²) >= 11 is 0. The zero-order chi connectivity index (χ0) is 18.4. The van der Waals surface area contributed by atoms with Crippen LogP contribution in [0.4, 0.5) is 0 Å². The second-order valence-corrected chi connectivity index (χ2v) is 7.21. The van der Waals surface area contributed by atoms with E-state index in [1.165, 1.54) is 5.56 Å². The quantitative estimate of drug-likeness (QED) is 0.774. The van der Waals surface area contributed by atoms with Crippen LogP contribution in [0.2, 0.25) is 0 Å². The van der Waals surface area contributed by atoms with Gasteiger partial charge in [-0.3, -0.25) is 9.48 Å². The summed E-state index contributed by atoms with van der Waals surface area (Å²) in [5.41, 5.74) is 2.98. The van der Waals surface area contributed by atoms with E-state index in [0.29, 0.717) is 18.0 Å². The first kappa shape index (κ1) is 19.2. The summed E-state index contributed by atoms with van der Waals surface area (Å²) in [7, 11) is 0. The molecule has 0 unspecified atom stereocenters. The number of carbonyl (C=O) groups excluding carboxylic acids is 1. The van der Waals surface area contributed by atoms with Gasteiger partial charge in [-0.25, -0.2) is 0 Å². The molecule has 0 bridgehead atoms. The number of aromatic nitrogens is 2. The van der Waals surface area contributed by atoms with Crippen LogP contribution < -0.4 is 10.6 Å². The Morgan fingerprint density at radius 1 is 1.24 bits per heavy atom. The lowest BCUT2D eigenvalue weighted by atomic mass is 10.1. The monoisotopic (exact) mass is 342 g/mol. The van der Waals surface area contributed by atoms with Crippen LogP contribution in [0.25, 0.3) is 0 Å². The van der Waals surface area contributed by atoms with Gasteiger partial charge in [0.1, 0.15) is 0 Å². The van der Waals surface area contributed by atoms with E-state index >= 15 is 0 Å². The van der Waals surface area contributed by atoms with Crippen LogP contribution in [-0.2, 0) is 6.54 Å². The highest BCUT2D eigenvalue weighted by atomic mass is 16.1. The molecular weight excluding hydrogens is 312 g/mol. The molecule has 1 heterocycles. The van der Waals surface area contributed by atoms with Crippen molar-refractivity contribution < 1.29 is 4.79 Å². The van der Waals surface area contributed by atoms with Gasteiger partial charge in [0.2, 0.25) is 0 Å². The van der Waals surface area contributed by atoms with Gasteiger partial charge in [-0.05, 0) is 49.9 Å². The molecule has 0 fully saturated rings. The molecule has 0 aliphatic rings. The molecule has 5 heteroatoms. The van der Waals surface area contributed by atoms with Crippen molar-refractivity contribution in [3.05, 3.63) is 53.3 Å². The minimum Gasteiger partial charge on any atom is -0.352 e. The number of rotatable bonds is 8. The standard InChI is InChI=1S/C20H30N4O/c1-14(2)10-22-20(25)19-8-6-7-18(9-19)12-21-16(4)17(5)24-13-15(3)11-23-24/h6-9,11,13-14,16-17,21H,10,12H2,1-5H3,(H,22,25)/t16-,17+/m0/s1. The van der Waals surface area contributed by atoms with Crippen LogP contribution in [0.5, 0.6) is 0 Å². The van der Waals surface area contributed by atoms with Crippen molar-refractivity contribution in [2.45, 2.75) is 53.2 Å². The summed E-state index contributed by atoms with van der Waals surface area (Å²) in [6.45, 7) is 11.9. The molecule has 2 atom stereocenters. The van der Waals surface area contributed by atoms with E-state index in [4.69, 9.17) is 0 Å². The Bertz CT molecular complexity index is 693. The molecule has 25 heavy (non-hydrogen) atoms. The molecule has 0 spiro atoms. The maximum atomic E-state index is 12.2.